The second kappa shape index (κ2) is 8.43. The molecule has 1 fully saturated rings. The Morgan fingerprint density at radius 2 is 1.70 bits per heavy atom. The SMILES string of the molecule is O=S(=O)(c1ccc(F)c(F)c1)N1CCN(Cc2ncc(-c3ccc(Cl)cc3)o2)CC1. The van der Waals surface area contributed by atoms with Crippen LogP contribution in [-0.4, -0.2) is 48.8 Å². The van der Waals surface area contributed by atoms with Gasteiger partial charge in [0.15, 0.2) is 17.4 Å². The van der Waals surface area contributed by atoms with Gasteiger partial charge in [-0.05, 0) is 42.5 Å². The number of rotatable bonds is 5. The van der Waals surface area contributed by atoms with Crippen molar-refractivity contribution in [2.75, 3.05) is 26.2 Å². The molecule has 158 valence electrons. The fourth-order valence-electron chi connectivity index (χ4n) is 3.24. The highest BCUT2D eigenvalue weighted by atomic mass is 35.5. The fourth-order valence-corrected chi connectivity index (χ4v) is 4.80. The predicted octanol–water partition coefficient (Wildman–Crippen LogP) is 3.78. The Hall–Kier alpha value is -2.33. The molecule has 1 saturated heterocycles. The monoisotopic (exact) mass is 453 g/mol. The summed E-state index contributed by atoms with van der Waals surface area (Å²) in [6.45, 7) is 1.81. The Bertz CT molecular complexity index is 1140. The minimum absolute atomic E-state index is 0.228. The second-order valence-electron chi connectivity index (χ2n) is 6.88. The van der Waals surface area contributed by atoms with Gasteiger partial charge in [0.25, 0.3) is 0 Å². The van der Waals surface area contributed by atoms with E-state index in [1.807, 2.05) is 17.0 Å². The molecule has 2 aromatic carbocycles. The van der Waals surface area contributed by atoms with Crippen LogP contribution < -0.4 is 0 Å². The summed E-state index contributed by atoms with van der Waals surface area (Å²) in [4.78, 5) is 6.06. The smallest absolute Gasteiger partial charge is 0.243 e. The van der Waals surface area contributed by atoms with Gasteiger partial charge in [-0.25, -0.2) is 22.2 Å². The van der Waals surface area contributed by atoms with E-state index in [1.54, 1.807) is 18.3 Å². The maximum Gasteiger partial charge on any atom is 0.243 e. The lowest BCUT2D eigenvalue weighted by atomic mass is 10.2. The van der Waals surface area contributed by atoms with Crippen molar-refractivity contribution in [1.29, 1.82) is 0 Å². The third-order valence-corrected chi connectivity index (χ3v) is 7.05. The van der Waals surface area contributed by atoms with E-state index in [4.69, 9.17) is 16.0 Å². The standard InChI is InChI=1S/C20H18ClF2N3O3S/c21-15-3-1-14(2-4-15)19-12-24-20(29-19)13-25-7-9-26(10-8-25)30(27,28)16-5-6-17(22)18(23)11-16/h1-6,11-12H,7-10,13H2. The van der Waals surface area contributed by atoms with Crippen LogP contribution in [0.3, 0.4) is 0 Å². The molecule has 0 radical (unpaired) electrons. The van der Waals surface area contributed by atoms with E-state index in [0.717, 1.165) is 17.7 Å². The molecule has 0 saturated carbocycles. The van der Waals surface area contributed by atoms with Crippen LogP contribution in [-0.2, 0) is 16.6 Å². The molecule has 0 unspecified atom stereocenters. The molecule has 1 aliphatic heterocycles. The minimum Gasteiger partial charge on any atom is -0.439 e. The summed E-state index contributed by atoms with van der Waals surface area (Å²) in [5.74, 6) is -1.11. The highest BCUT2D eigenvalue weighted by Gasteiger charge is 2.29. The van der Waals surface area contributed by atoms with E-state index in [1.165, 1.54) is 4.31 Å². The van der Waals surface area contributed by atoms with Crippen molar-refractivity contribution in [3.8, 4) is 11.3 Å². The van der Waals surface area contributed by atoms with Crippen LogP contribution in [0.1, 0.15) is 5.89 Å². The van der Waals surface area contributed by atoms with Crippen molar-refractivity contribution in [1.82, 2.24) is 14.2 Å². The number of halogens is 3. The first-order valence-electron chi connectivity index (χ1n) is 9.21. The Labute approximate surface area is 177 Å². The maximum absolute atomic E-state index is 13.4. The van der Waals surface area contributed by atoms with Crippen LogP contribution in [0, 0.1) is 11.6 Å². The van der Waals surface area contributed by atoms with Crippen LogP contribution in [0.2, 0.25) is 5.02 Å². The Morgan fingerprint density at radius 1 is 1.00 bits per heavy atom. The zero-order valence-corrected chi connectivity index (χ0v) is 17.3. The summed E-state index contributed by atoms with van der Waals surface area (Å²) in [6.07, 6.45) is 1.64. The number of nitrogens with zero attached hydrogens (tertiary/aromatic N) is 3. The van der Waals surface area contributed by atoms with E-state index < -0.39 is 21.7 Å². The molecule has 0 N–H and O–H groups in total. The van der Waals surface area contributed by atoms with Gasteiger partial charge in [0.05, 0.1) is 17.6 Å². The van der Waals surface area contributed by atoms with Crippen LogP contribution in [0.4, 0.5) is 8.78 Å². The third kappa shape index (κ3) is 4.39. The first-order chi connectivity index (χ1) is 14.3. The van der Waals surface area contributed by atoms with Gasteiger partial charge in [0.2, 0.25) is 15.9 Å². The lowest BCUT2D eigenvalue weighted by Gasteiger charge is -2.33. The molecule has 2 heterocycles. The van der Waals surface area contributed by atoms with E-state index in [9.17, 15) is 17.2 Å². The zero-order valence-electron chi connectivity index (χ0n) is 15.8. The van der Waals surface area contributed by atoms with Gasteiger partial charge in [0.1, 0.15) is 0 Å². The van der Waals surface area contributed by atoms with Crippen LogP contribution in [0.25, 0.3) is 11.3 Å². The number of hydrogen-bond acceptors (Lipinski definition) is 5. The summed E-state index contributed by atoms with van der Waals surface area (Å²) in [7, 11) is -3.88. The molecule has 1 aliphatic rings. The number of aromatic nitrogens is 1. The predicted molar refractivity (Wildman–Crippen MR) is 107 cm³/mol. The fraction of sp³-hybridized carbons (Fsp3) is 0.250. The number of sulfonamides is 1. The second-order valence-corrected chi connectivity index (χ2v) is 9.26. The summed E-state index contributed by atoms with van der Waals surface area (Å²) >= 11 is 5.90. The lowest BCUT2D eigenvalue weighted by molar-refractivity contribution is 0.168. The molecule has 0 aliphatic carbocycles. The molecular weight excluding hydrogens is 436 g/mol. The lowest BCUT2D eigenvalue weighted by Crippen LogP contribution is -2.48. The first kappa shape index (κ1) is 20.9. The zero-order chi connectivity index (χ0) is 21.3. The molecule has 10 heteroatoms. The van der Waals surface area contributed by atoms with Crippen molar-refractivity contribution in [3.63, 3.8) is 0 Å². The summed E-state index contributed by atoms with van der Waals surface area (Å²) in [5, 5.41) is 0.634. The van der Waals surface area contributed by atoms with E-state index in [0.29, 0.717) is 42.4 Å². The number of piperazine rings is 1. The van der Waals surface area contributed by atoms with E-state index in [-0.39, 0.29) is 18.0 Å². The minimum atomic E-state index is -3.88. The molecule has 0 bridgehead atoms. The quantitative estimate of drug-likeness (QED) is 0.588. The number of hydrogen-bond donors (Lipinski definition) is 0. The van der Waals surface area contributed by atoms with E-state index >= 15 is 0 Å². The highest BCUT2D eigenvalue weighted by Crippen LogP contribution is 2.24. The summed E-state index contributed by atoms with van der Waals surface area (Å²) in [5.41, 5.74) is 0.862. The Kier molecular flexibility index (Phi) is 5.88. The van der Waals surface area contributed by atoms with Gasteiger partial charge >= 0.3 is 0 Å². The Balaban J connectivity index is 1.38. The average Bonchev–Trinajstić information content (AvgIpc) is 3.19. The largest absolute Gasteiger partial charge is 0.439 e. The average molecular weight is 454 g/mol. The normalized spacial score (nSPS) is 16.1. The van der Waals surface area contributed by atoms with Crippen LogP contribution in [0.15, 0.2) is 58.0 Å². The third-order valence-electron chi connectivity index (χ3n) is 4.90. The molecule has 0 spiro atoms. The van der Waals surface area contributed by atoms with E-state index in [2.05, 4.69) is 4.98 Å². The van der Waals surface area contributed by atoms with Gasteiger partial charge < -0.3 is 4.42 Å². The maximum atomic E-state index is 13.4. The molecular formula is C20H18ClF2N3O3S. The topological polar surface area (TPSA) is 66.7 Å². The van der Waals surface area contributed by atoms with Crippen molar-refractivity contribution in [3.05, 3.63) is 71.2 Å². The number of oxazole rings is 1. The van der Waals surface area contributed by atoms with Gasteiger partial charge in [-0.1, -0.05) is 11.6 Å². The van der Waals surface area contributed by atoms with Gasteiger partial charge in [-0.2, -0.15) is 4.31 Å². The molecule has 0 atom stereocenters. The van der Waals surface area contributed by atoms with Gasteiger partial charge in [-0.3, -0.25) is 4.90 Å². The van der Waals surface area contributed by atoms with Crippen LogP contribution >= 0.6 is 11.6 Å². The van der Waals surface area contributed by atoms with Crippen LogP contribution in [0.5, 0.6) is 0 Å². The van der Waals surface area contributed by atoms with Crippen molar-refractivity contribution in [2.45, 2.75) is 11.4 Å². The molecule has 1 aromatic heterocycles. The van der Waals surface area contributed by atoms with Gasteiger partial charge in [-0.15, -0.1) is 0 Å². The van der Waals surface area contributed by atoms with Crippen molar-refractivity contribution < 1.29 is 21.6 Å². The molecule has 0 amide bonds. The van der Waals surface area contributed by atoms with Crippen molar-refractivity contribution in [2.24, 2.45) is 0 Å². The number of benzene rings is 2. The van der Waals surface area contributed by atoms with Gasteiger partial charge in [0, 0.05) is 36.8 Å². The van der Waals surface area contributed by atoms with Crippen molar-refractivity contribution >= 4 is 21.6 Å². The molecule has 3 aromatic rings. The summed E-state index contributed by atoms with van der Waals surface area (Å²) < 4.78 is 59.0. The first-order valence-corrected chi connectivity index (χ1v) is 11.0. The summed E-state index contributed by atoms with van der Waals surface area (Å²) in [6, 6.07) is 9.83. The molecule has 4 rings (SSSR count). The Morgan fingerprint density at radius 3 is 2.37 bits per heavy atom. The highest BCUT2D eigenvalue weighted by molar-refractivity contribution is 7.89. The molecule has 6 nitrogen and oxygen atoms in total. The molecule has 30 heavy (non-hydrogen) atoms.